The van der Waals surface area contributed by atoms with Gasteiger partial charge in [-0.1, -0.05) is 25.7 Å². The van der Waals surface area contributed by atoms with Crippen molar-refractivity contribution < 1.29 is 4.21 Å². The van der Waals surface area contributed by atoms with Crippen molar-refractivity contribution in [2.75, 3.05) is 12.0 Å². The van der Waals surface area contributed by atoms with E-state index in [0.29, 0.717) is 0 Å². The summed E-state index contributed by atoms with van der Waals surface area (Å²) in [5.74, 6) is 1.96. The number of rotatable bonds is 5. The van der Waals surface area contributed by atoms with Crippen LogP contribution in [0, 0.1) is 5.92 Å². The lowest BCUT2D eigenvalue weighted by atomic mass is 10.2. The van der Waals surface area contributed by atoms with Gasteiger partial charge < -0.3 is 0 Å². The normalized spacial score (nSPS) is 20.9. The fraction of sp³-hybridized carbons (Fsp3) is 1.00. The van der Waals surface area contributed by atoms with Gasteiger partial charge in [-0.15, -0.1) is 0 Å². The summed E-state index contributed by atoms with van der Waals surface area (Å²) < 4.78 is 10.6. The van der Waals surface area contributed by atoms with Gasteiger partial charge >= 0.3 is 0 Å². The second kappa shape index (κ2) is 4.12. The van der Waals surface area contributed by atoms with Gasteiger partial charge in [-0.05, 0) is 12.3 Å². The van der Waals surface area contributed by atoms with Gasteiger partial charge in [0, 0.05) is 22.8 Å². The highest BCUT2D eigenvalue weighted by Gasteiger charge is 2.19. The molecule has 0 aromatic carbocycles. The van der Waals surface area contributed by atoms with Crippen molar-refractivity contribution in [2.24, 2.45) is 5.92 Å². The Morgan fingerprint density at radius 2 is 2.10 bits per heavy atom. The van der Waals surface area contributed by atoms with E-state index >= 15 is 0 Å². The summed E-state index contributed by atoms with van der Waals surface area (Å²) >= 11 is 0. The lowest BCUT2D eigenvalue weighted by Crippen LogP contribution is -1.93. The number of hydrogen-bond donors (Lipinski definition) is 0. The predicted molar refractivity (Wildman–Crippen MR) is 45.5 cm³/mol. The molecule has 1 aliphatic carbocycles. The molecule has 0 aromatic rings. The molecule has 1 unspecified atom stereocenters. The maximum Gasteiger partial charge on any atom is 0.0232 e. The van der Waals surface area contributed by atoms with Gasteiger partial charge in [0.05, 0.1) is 0 Å². The van der Waals surface area contributed by atoms with E-state index < -0.39 is 10.8 Å². The lowest BCUT2D eigenvalue weighted by molar-refractivity contribution is 0.647. The minimum Gasteiger partial charge on any atom is -0.260 e. The zero-order valence-electron chi connectivity index (χ0n) is 6.64. The van der Waals surface area contributed by atoms with Gasteiger partial charge in [-0.2, -0.15) is 0 Å². The lowest BCUT2D eigenvalue weighted by Gasteiger charge is -1.95. The van der Waals surface area contributed by atoms with E-state index in [1.165, 1.54) is 32.1 Å². The highest BCUT2D eigenvalue weighted by Crippen LogP contribution is 2.33. The Bertz CT molecular complexity index is 118. The Kier molecular flexibility index (Phi) is 3.40. The molecule has 1 rings (SSSR count). The highest BCUT2D eigenvalue weighted by molar-refractivity contribution is 7.84. The van der Waals surface area contributed by atoms with Gasteiger partial charge in [0.2, 0.25) is 0 Å². The van der Waals surface area contributed by atoms with Gasteiger partial charge in [0.15, 0.2) is 0 Å². The molecule has 0 spiro atoms. The molecule has 0 heterocycles. The molecular formula is C8H16OS. The Morgan fingerprint density at radius 1 is 1.40 bits per heavy atom. The van der Waals surface area contributed by atoms with Crippen LogP contribution >= 0.6 is 0 Å². The van der Waals surface area contributed by atoms with Crippen molar-refractivity contribution in [1.29, 1.82) is 0 Å². The van der Waals surface area contributed by atoms with Crippen LogP contribution in [0.15, 0.2) is 0 Å². The molecule has 1 atom stereocenters. The molecule has 1 nitrogen and oxygen atoms in total. The van der Waals surface area contributed by atoms with Gasteiger partial charge in [0.25, 0.3) is 0 Å². The van der Waals surface area contributed by atoms with E-state index in [9.17, 15) is 4.21 Å². The summed E-state index contributed by atoms with van der Waals surface area (Å²) in [6, 6.07) is 0. The van der Waals surface area contributed by atoms with Crippen LogP contribution in [-0.2, 0) is 10.8 Å². The average molecular weight is 160 g/mol. The molecular weight excluding hydrogens is 144 g/mol. The minimum absolute atomic E-state index is 0.560. The first-order valence-corrected chi connectivity index (χ1v) is 5.82. The maximum absolute atomic E-state index is 10.6. The Morgan fingerprint density at radius 3 is 2.60 bits per heavy atom. The first-order chi connectivity index (χ1) is 4.79. The first-order valence-electron chi connectivity index (χ1n) is 4.09. The second-order valence-corrected chi connectivity index (χ2v) is 4.77. The Balaban J connectivity index is 1.80. The molecule has 0 amide bonds. The highest BCUT2D eigenvalue weighted by atomic mass is 32.2. The molecule has 0 radical (unpaired) electrons. The van der Waals surface area contributed by atoms with Crippen LogP contribution in [0.25, 0.3) is 0 Å². The quantitative estimate of drug-likeness (QED) is 0.562. The summed E-state index contributed by atoms with van der Waals surface area (Å²) in [7, 11) is -0.560. The van der Waals surface area contributed by atoms with E-state index in [1.807, 2.05) is 0 Å². The topological polar surface area (TPSA) is 17.1 Å². The Labute approximate surface area is 65.7 Å². The van der Waals surface area contributed by atoms with Gasteiger partial charge in [-0.3, -0.25) is 4.21 Å². The molecule has 1 aliphatic rings. The number of unbranched alkanes of at least 4 members (excludes halogenated alkanes) is 1. The molecule has 0 saturated heterocycles. The molecule has 60 valence electrons. The third-order valence-electron chi connectivity index (χ3n) is 1.99. The van der Waals surface area contributed by atoms with Crippen molar-refractivity contribution >= 4 is 10.8 Å². The largest absolute Gasteiger partial charge is 0.260 e. The predicted octanol–water partition coefficient (Wildman–Crippen LogP) is 1.95. The van der Waals surface area contributed by atoms with Crippen molar-refractivity contribution in [3.05, 3.63) is 0 Å². The fourth-order valence-electron chi connectivity index (χ4n) is 1.14. The molecule has 1 fully saturated rings. The molecule has 10 heavy (non-hydrogen) atoms. The zero-order chi connectivity index (χ0) is 7.40. The van der Waals surface area contributed by atoms with Crippen LogP contribution in [-0.4, -0.2) is 16.2 Å². The molecule has 1 saturated carbocycles. The molecule has 0 N–H and O–H groups in total. The monoisotopic (exact) mass is 160 g/mol. The van der Waals surface area contributed by atoms with E-state index in [2.05, 4.69) is 0 Å². The summed E-state index contributed by atoms with van der Waals surface area (Å²) in [6.07, 6.45) is 8.54. The van der Waals surface area contributed by atoms with Gasteiger partial charge in [0.1, 0.15) is 0 Å². The van der Waals surface area contributed by atoms with Crippen molar-refractivity contribution in [3.63, 3.8) is 0 Å². The molecule has 0 aliphatic heterocycles. The van der Waals surface area contributed by atoms with Crippen LogP contribution < -0.4 is 0 Å². The summed E-state index contributed by atoms with van der Waals surface area (Å²) in [5.41, 5.74) is 0. The van der Waals surface area contributed by atoms with E-state index in [-0.39, 0.29) is 0 Å². The van der Waals surface area contributed by atoms with Gasteiger partial charge in [-0.25, -0.2) is 0 Å². The maximum atomic E-state index is 10.6. The molecule has 0 aromatic heterocycles. The standard InChI is InChI=1S/C8H16OS/c1-10(9)7-3-2-4-8-5-6-8/h8H,2-7H2,1H3. The second-order valence-electron chi connectivity index (χ2n) is 3.22. The minimum atomic E-state index is -0.560. The van der Waals surface area contributed by atoms with Crippen LogP contribution in [0.2, 0.25) is 0 Å². The van der Waals surface area contributed by atoms with Crippen molar-refractivity contribution in [2.45, 2.75) is 32.1 Å². The van der Waals surface area contributed by atoms with Crippen molar-refractivity contribution in [1.82, 2.24) is 0 Å². The van der Waals surface area contributed by atoms with Crippen LogP contribution in [0.4, 0.5) is 0 Å². The van der Waals surface area contributed by atoms with Crippen LogP contribution in [0.1, 0.15) is 32.1 Å². The first kappa shape index (κ1) is 8.25. The SMILES string of the molecule is CS(=O)CCCCC1CC1. The van der Waals surface area contributed by atoms with Crippen LogP contribution in [0.3, 0.4) is 0 Å². The summed E-state index contributed by atoms with van der Waals surface area (Å²) in [5, 5.41) is 0. The summed E-state index contributed by atoms with van der Waals surface area (Å²) in [4.78, 5) is 0. The fourth-order valence-corrected chi connectivity index (χ4v) is 1.76. The zero-order valence-corrected chi connectivity index (χ0v) is 7.45. The third-order valence-corrected chi connectivity index (χ3v) is 2.85. The van der Waals surface area contributed by atoms with E-state index in [1.54, 1.807) is 6.26 Å². The van der Waals surface area contributed by atoms with Crippen molar-refractivity contribution in [3.8, 4) is 0 Å². The molecule has 2 heteroatoms. The van der Waals surface area contributed by atoms with E-state index in [0.717, 1.165) is 11.7 Å². The number of hydrogen-bond acceptors (Lipinski definition) is 1. The van der Waals surface area contributed by atoms with E-state index in [4.69, 9.17) is 0 Å². The smallest absolute Gasteiger partial charge is 0.0232 e. The third kappa shape index (κ3) is 4.04. The average Bonchev–Trinajstić information content (AvgIpc) is 2.62. The van der Waals surface area contributed by atoms with Crippen LogP contribution in [0.5, 0.6) is 0 Å². The molecule has 0 bridgehead atoms. The Hall–Kier alpha value is 0.150. The summed E-state index contributed by atoms with van der Waals surface area (Å²) in [6.45, 7) is 0.